The molecule has 4 nitrogen and oxygen atoms in total. The Kier molecular flexibility index (Phi) is 7.26. The number of carbonyl (C=O) groups excluding carboxylic acids is 2. The average Bonchev–Trinajstić information content (AvgIpc) is 2.53. The molecular formula is C18H26Cl2N2O2. The van der Waals surface area contributed by atoms with Crippen LogP contribution in [0.25, 0.3) is 0 Å². The normalized spacial score (nSPS) is 17.1. The van der Waals surface area contributed by atoms with E-state index in [0.29, 0.717) is 36.5 Å². The Labute approximate surface area is 155 Å². The second kappa shape index (κ2) is 8.32. The van der Waals surface area contributed by atoms with Crippen molar-refractivity contribution in [1.82, 2.24) is 4.90 Å². The lowest BCUT2D eigenvalue weighted by atomic mass is 9.85. The molecule has 1 aliphatic heterocycles. The highest BCUT2D eigenvalue weighted by atomic mass is 35.5. The van der Waals surface area contributed by atoms with E-state index in [1.165, 1.54) is 0 Å². The molecule has 1 atom stereocenters. The van der Waals surface area contributed by atoms with E-state index in [-0.39, 0.29) is 35.4 Å². The Morgan fingerprint density at radius 1 is 1.17 bits per heavy atom. The Morgan fingerprint density at radius 2 is 1.67 bits per heavy atom. The van der Waals surface area contributed by atoms with Gasteiger partial charge >= 0.3 is 0 Å². The van der Waals surface area contributed by atoms with E-state index in [4.69, 9.17) is 17.3 Å². The number of Topliss-reactive ketones (excluding diaryl/α,β-unsaturated/α-hetero) is 1. The fourth-order valence-corrected chi connectivity index (χ4v) is 2.91. The van der Waals surface area contributed by atoms with E-state index >= 15 is 0 Å². The third-order valence-corrected chi connectivity index (χ3v) is 4.76. The summed E-state index contributed by atoms with van der Waals surface area (Å²) < 4.78 is 0. The minimum atomic E-state index is -0.508. The molecule has 1 amide bonds. The minimum absolute atomic E-state index is 0. The summed E-state index contributed by atoms with van der Waals surface area (Å²) in [6.45, 7) is 7.07. The first-order chi connectivity index (χ1) is 10.7. The highest BCUT2D eigenvalue weighted by Gasteiger charge is 2.34. The van der Waals surface area contributed by atoms with Crippen LogP contribution in [0.3, 0.4) is 0 Å². The number of likely N-dealkylation sites (tertiary alicyclic amines) is 1. The van der Waals surface area contributed by atoms with Crippen molar-refractivity contribution in [3.8, 4) is 0 Å². The minimum Gasteiger partial charge on any atom is -0.341 e. The van der Waals surface area contributed by atoms with Gasteiger partial charge in [-0.15, -0.1) is 12.4 Å². The lowest BCUT2D eigenvalue weighted by Crippen LogP contribution is -2.52. The molecule has 0 aromatic heterocycles. The summed E-state index contributed by atoms with van der Waals surface area (Å²) >= 11 is 5.86. The molecule has 24 heavy (non-hydrogen) atoms. The number of halogens is 2. The SMILES string of the molecule is CC(C)(C)[C@H](N)C(=O)N1CCC(C(=O)c2ccc(Cl)cc2)CC1.Cl. The number of benzene rings is 1. The number of ketones is 1. The van der Waals surface area contributed by atoms with E-state index in [9.17, 15) is 9.59 Å². The lowest BCUT2D eigenvalue weighted by Gasteiger charge is -2.36. The fourth-order valence-electron chi connectivity index (χ4n) is 2.78. The van der Waals surface area contributed by atoms with E-state index in [2.05, 4.69) is 0 Å². The highest BCUT2D eigenvalue weighted by molar-refractivity contribution is 6.30. The second-order valence-corrected chi connectivity index (χ2v) is 7.75. The van der Waals surface area contributed by atoms with Gasteiger partial charge in [0, 0.05) is 29.6 Å². The Morgan fingerprint density at radius 3 is 2.12 bits per heavy atom. The lowest BCUT2D eigenvalue weighted by molar-refractivity contribution is -0.136. The molecule has 0 spiro atoms. The van der Waals surface area contributed by atoms with Gasteiger partial charge in [0.15, 0.2) is 5.78 Å². The maximum Gasteiger partial charge on any atom is 0.240 e. The van der Waals surface area contributed by atoms with Crippen LogP contribution in [-0.2, 0) is 4.79 Å². The van der Waals surface area contributed by atoms with Gasteiger partial charge in [-0.2, -0.15) is 0 Å². The summed E-state index contributed by atoms with van der Waals surface area (Å²) in [6.07, 6.45) is 1.37. The van der Waals surface area contributed by atoms with Gasteiger partial charge < -0.3 is 10.6 Å². The van der Waals surface area contributed by atoms with Gasteiger partial charge in [0.05, 0.1) is 6.04 Å². The molecule has 1 fully saturated rings. The topological polar surface area (TPSA) is 63.4 Å². The fraction of sp³-hybridized carbons (Fsp3) is 0.556. The molecule has 1 aromatic carbocycles. The molecule has 0 bridgehead atoms. The second-order valence-electron chi connectivity index (χ2n) is 7.31. The number of nitrogens with zero attached hydrogens (tertiary/aromatic N) is 1. The van der Waals surface area contributed by atoms with Gasteiger partial charge in [-0.25, -0.2) is 0 Å². The summed E-state index contributed by atoms with van der Waals surface area (Å²) in [4.78, 5) is 26.7. The standard InChI is InChI=1S/C18H25ClN2O2.ClH/c1-18(2,3)16(20)17(23)21-10-8-13(9-11-21)15(22)12-4-6-14(19)7-5-12;/h4-7,13,16H,8-11,20H2,1-3H3;1H/t16-;/m1./s1. The first kappa shape index (κ1) is 20.9. The summed E-state index contributed by atoms with van der Waals surface area (Å²) in [5.74, 6) is 0.0786. The molecule has 0 aliphatic carbocycles. The predicted octanol–water partition coefficient (Wildman–Crippen LogP) is 3.56. The van der Waals surface area contributed by atoms with Gasteiger partial charge in [0.1, 0.15) is 0 Å². The first-order valence-electron chi connectivity index (χ1n) is 8.04. The zero-order valence-electron chi connectivity index (χ0n) is 14.4. The number of piperidine rings is 1. The van der Waals surface area contributed by atoms with Crippen LogP contribution in [-0.4, -0.2) is 35.7 Å². The number of amides is 1. The molecule has 2 rings (SSSR count). The summed E-state index contributed by atoms with van der Waals surface area (Å²) in [7, 11) is 0. The molecule has 1 heterocycles. The van der Waals surface area contributed by atoms with Gasteiger partial charge in [-0.1, -0.05) is 32.4 Å². The van der Waals surface area contributed by atoms with E-state index in [1.807, 2.05) is 20.8 Å². The van der Waals surface area contributed by atoms with E-state index < -0.39 is 6.04 Å². The molecular weight excluding hydrogens is 347 g/mol. The van der Waals surface area contributed by atoms with Gasteiger partial charge in [0.25, 0.3) is 0 Å². The third-order valence-electron chi connectivity index (χ3n) is 4.51. The quantitative estimate of drug-likeness (QED) is 0.824. The Balaban J connectivity index is 0.00000288. The zero-order valence-corrected chi connectivity index (χ0v) is 16.0. The molecule has 2 N–H and O–H groups in total. The van der Waals surface area contributed by atoms with Crippen LogP contribution in [0.15, 0.2) is 24.3 Å². The van der Waals surface area contributed by atoms with E-state index in [0.717, 1.165) is 0 Å². The van der Waals surface area contributed by atoms with Gasteiger partial charge in [0.2, 0.25) is 5.91 Å². The summed E-state index contributed by atoms with van der Waals surface area (Å²) in [5.41, 5.74) is 6.48. The van der Waals surface area contributed by atoms with Crippen molar-refractivity contribution in [3.63, 3.8) is 0 Å². The Bertz CT molecular complexity index is 574. The van der Waals surface area contributed by atoms with Crippen LogP contribution in [0.2, 0.25) is 5.02 Å². The van der Waals surface area contributed by atoms with Crippen LogP contribution in [0.1, 0.15) is 44.0 Å². The first-order valence-corrected chi connectivity index (χ1v) is 8.42. The molecule has 1 saturated heterocycles. The predicted molar refractivity (Wildman–Crippen MR) is 99.8 cm³/mol. The molecule has 1 aromatic rings. The number of hydrogen-bond acceptors (Lipinski definition) is 3. The van der Waals surface area contributed by atoms with Crippen molar-refractivity contribution >= 4 is 35.7 Å². The number of carbonyl (C=O) groups is 2. The maximum atomic E-state index is 12.5. The van der Waals surface area contributed by atoms with Crippen LogP contribution >= 0.6 is 24.0 Å². The van der Waals surface area contributed by atoms with E-state index in [1.54, 1.807) is 29.2 Å². The monoisotopic (exact) mass is 372 g/mol. The molecule has 1 aliphatic rings. The molecule has 6 heteroatoms. The largest absolute Gasteiger partial charge is 0.341 e. The van der Waals surface area contributed by atoms with Crippen molar-refractivity contribution in [1.29, 1.82) is 0 Å². The van der Waals surface area contributed by atoms with Gasteiger partial charge in [-0.3, -0.25) is 9.59 Å². The van der Waals surface area contributed by atoms with Gasteiger partial charge in [-0.05, 0) is 42.5 Å². The molecule has 134 valence electrons. The zero-order chi connectivity index (χ0) is 17.2. The van der Waals surface area contributed by atoms with Crippen LogP contribution in [0.5, 0.6) is 0 Å². The van der Waals surface area contributed by atoms with Crippen LogP contribution < -0.4 is 5.73 Å². The van der Waals surface area contributed by atoms with Crippen molar-refractivity contribution in [3.05, 3.63) is 34.9 Å². The Hall–Kier alpha value is -1.10. The number of rotatable bonds is 3. The van der Waals surface area contributed by atoms with Crippen molar-refractivity contribution in [2.75, 3.05) is 13.1 Å². The number of hydrogen-bond donors (Lipinski definition) is 1. The third kappa shape index (κ3) is 4.95. The van der Waals surface area contributed by atoms with Crippen molar-refractivity contribution in [2.24, 2.45) is 17.1 Å². The molecule has 0 unspecified atom stereocenters. The average molecular weight is 373 g/mol. The smallest absolute Gasteiger partial charge is 0.240 e. The van der Waals surface area contributed by atoms with Crippen molar-refractivity contribution in [2.45, 2.75) is 39.7 Å². The highest BCUT2D eigenvalue weighted by Crippen LogP contribution is 2.25. The molecule has 0 radical (unpaired) electrons. The number of nitrogens with two attached hydrogens (primary N) is 1. The summed E-state index contributed by atoms with van der Waals surface area (Å²) in [6, 6.07) is 6.48. The maximum absolute atomic E-state index is 12.5. The van der Waals surface area contributed by atoms with Crippen LogP contribution in [0.4, 0.5) is 0 Å². The summed E-state index contributed by atoms with van der Waals surface area (Å²) in [5, 5.41) is 0.623. The van der Waals surface area contributed by atoms with Crippen molar-refractivity contribution < 1.29 is 9.59 Å². The van der Waals surface area contributed by atoms with Crippen LogP contribution in [0, 0.1) is 11.3 Å². The molecule has 0 saturated carbocycles.